The summed E-state index contributed by atoms with van der Waals surface area (Å²) in [6.07, 6.45) is 0.580. The Morgan fingerprint density at radius 1 is 1.41 bits per heavy atom. The molecule has 0 radical (unpaired) electrons. The summed E-state index contributed by atoms with van der Waals surface area (Å²) in [7, 11) is 0. The van der Waals surface area contributed by atoms with Crippen LogP contribution < -0.4 is 0 Å². The molecule has 4 nitrogen and oxygen atoms in total. The van der Waals surface area contributed by atoms with Crippen LogP contribution in [0.2, 0.25) is 0 Å². The molecule has 1 aliphatic heterocycles. The van der Waals surface area contributed by atoms with Crippen LogP contribution >= 0.6 is 24.4 Å². The van der Waals surface area contributed by atoms with Crippen molar-refractivity contribution in [2.75, 3.05) is 11.6 Å². The van der Waals surface area contributed by atoms with Gasteiger partial charge in [-0.05, 0) is 25.8 Å². The Morgan fingerprint density at radius 3 is 2.59 bits per heavy atom. The lowest BCUT2D eigenvalue weighted by atomic mass is 9.96. The Labute approximate surface area is 140 Å². The zero-order valence-corrected chi connectivity index (χ0v) is 14.4. The third-order valence-corrected chi connectivity index (χ3v) is 5.77. The standard InChI is InChI=1S/C16H21NO3S2/c1-16(2)13(15(19)20)17(10-22-16)14(18)12(9-21)8-11-6-4-3-5-7-11/h3-7,12-13,21H,8-10H2,1-2H3,(H,19,20)/t12?,13-/m1/s1. The van der Waals surface area contributed by atoms with E-state index in [-0.39, 0.29) is 11.8 Å². The highest BCUT2D eigenvalue weighted by Crippen LogP contribution is 2.40. The Balaban J connectivity index is 2.16. The first-order chi connectivity index (χ1) is 10.4. The summed E-state index contributed by atoms with van der Waals surface area (Å²) in [5, 5.41) is 9.49. The van der Waals surface area contributed by atoms with Gasteiger partial charge >= 0.3 is 5.97 Å². The first-order valence-corrected chi connectivity index (χ1v) is 8.80. The molecule has 2 atom stereocenters. The summed E-state index contributed by atoms with van der Waals surface area (Å²) in [5.41, 5.74) is 1.06. The van der Waals surface area contributed by atoms with Crippen molar-refractivity contribution in [3.8, 4) is 0 Å². The minimum atomic E-state index is -0.944. The van der Waals surface area contributed by atoms with E-state index in [2.05, 4.69) is 12.6 Å². The van der Waals surface area contributed by atoms with Gasteiger partial charge in [-0.1, -0.05) is 30.3 Å². The fourth-order valence-electron chi connectivity index (χ4n) is 2.75. The highest BCUT2D eigenvalue weighted by atomic mass is 32.2. The van der Waals surface area contributed by atoms with E-state index in [0.717, 1.165) is 5.56 Å². The summed E-state index contributed by atoms with van der Waals surface area (Å²) in [6, 6.07) is 8.96. The van der Waals surface area contributed by atoms with Gasteiger partial charge in [0.05, 0.1) is 11.8 Å². The monoisotopic (exact) mass is 339 g/mol. The largest absolute Gasteiger partial charge is 0.480 e. The Hall–Kier alpha value is -1.14. The van der Waals surface area contributed by atoms with Crippen LogP contribution in [0.3, 0.4) is 0 Å². The number of benzene rings is 1. The smallest absolute Gasteiger partial charge is 0.327 e. The van der Waals surface area contributed by atoms with E-state index in [9.17, 15) is 14.7 Å². The van der Waals surface area contributed by atoms with Crippen LogP contribution in [-0.4, -0.2) is 44.3 Å². The first-order valence-electron chi connectivity index (χ1n) is 7.19. The van der Waals surface area contributed by atoms with Crippen LogP contribution in [-0.2, 0) is 16.0 Å². The van der Waals surface area contributed by atoms with Gasteiger partial charge in [0, 0.05) is 10.5 Å². The van der Waals surface area contributed by atoms with Gasteiger partial charge in [0.25, 0.3) is 0 Å². The molecule has 1 saturated heterocycles. The van der Waals surface area contributed by atoms with Crippen LogP contribution in [0.1, 0.15) is 19.4 Å². The van der Waals surface area contributed by atoms with Crippen molar-refractivity contribution in [3.05, 3.63) is 35.9 Å². The van der Waals surface area contributed by atoms with Crippen LogP contribution in [0, 0.1) is 5.92 Å². The molecule has 2 rings (SSSR count). The molecule has 6 heteroatoms. The van der Waals surface area contributed by atoms with E-state index in [1.54, 1.807) is 0 Å². The number of aliphatic carboxylic acids is 1. The molecule has 0 aliphatic carbocycles. The van der Waals surface area contributed by atoms with E-state index >= 15 is 0 Å². The first kappa shape index (κ1) is 17.2. The van der Waals surface area contributed by atoms with Gasteiger partial charge in [-0.25, -0.2) is 4.79 Å². The lowest BCUT2D eigenvalue weighted by molar-refractivity contribution is -0.151. The maximum atomic E-state index is 12.8. The normalized spacial score (nSPS) is 21.6. The Bertz CT molecular complexity index is 548. The maximum absolute atomic E-state index is 12.8. The lowest BCUT2D eigenvalue weighted by Gasteiger charge is -2.30. The van der Waals surface area contributed by atoms with Crippen molar-refractivity contribution in [2.24, 2.45) is 5.92 Å². The summed E-state index contributed by atoms with van der Waals surface area (Å²) >= 11 is 5.81. The minimum absolute atomic E-state index is 0.121. The average Bonchev–Trinajstić information content (AvgIpc) is 2.80. The summed E-state index contributed by atoms with van der Waals surface area (Å²) < 4.78 is -0.477. The molecule has 0 spiro atoms. The number of carboxylic acids is 1. The average molecular weight is 339 g/mol. The van der Waals surface area contributed by atoms with Gasteiger partial charge in [-0.15, -0.1) is 11.8 Å². The van der Waals surface area contributed by atoms with E-state index in [1.807, 2.05) is 44.2 Å². The zero-order chi connectivity index (χ0) is 16.3. The van der Waals surface area contributed by atoms with Crippen molar-refractivity contribution in [3.63, 3.8) is 0 Å². The van der Waals surface area contributed by atoms with Crippen molar-refractivity contribution >= 4 is 36.3 Å². The van der Waals surface area contributed by atoms with Crippen LogP contribution in [0.15, 0.2) is 30.3 Å². The third kappa shape index (κ3) is 3.60. The lowest BCUT2D eigenvalue weighted by Crippen LogP contribution is -2.50. The summed E-state index contributed by atoms with van der Waals surface area (Å²) in [5.74, 6) is -0.545. The molecule has 1 amide bonds. The van der Waals surface area contributed by atoms with Crippen molar-refractivity contribution in [1.82, 2.24) is 4.90 Å². The van der Waals surface area contributed by atoms with Gasteiger partial charge < -0.3 is 10.0 Å². The van der Waals surface area contributed by atoms with Gasteiger partial charge in [-0.3, -0.25) is 4.79 Å². The molecule has 1 aliphatic rings. The number of thiol groups is 1. The summed E-state index contributed by atoms with van der Waals surface area (Å²) in [4.78, 5) is 25.9. The molecule has 0 aromatic heterocycles. The Kier molecular flexibility index (Phi) is 5.45. The van der Waals surface area contributed by atoms with E-state index in [4.69, 9.17) is 0 Å². The van der Waals surface area contributed by atoms with Crippen LogP contribution in [0.5, 0.6) is 0 Å². The molecular weight excluding hydrogens is 318 g/mol. The molecule has 1 unspecified atom stereocenters. The second kappa shape index (κ2) is 6.96. The quantitative estimate of drug-likeness (QED) is 0.810. The SMILES string of the molecule is CC1(C)SCN(C(=O)C(CS)Cc2ccccc2)[C@@H]1C(=O)O. The molecule has 0 saturated carbocycles. The number of carbonyl (C=O) groups is 2. The molecule has 120 valence electrons. The highest BCUT2D eigenvalue weighted by molar-refractivity contribution is 8.00. The van der Waals surface area contributed by atoms with Gasteiger partial charge in [0.1, 0.15) is 6.04 Å². The molecule has 1 aromatic rings. The number of nitrogens with zero attached hydrogens (tertiary/aromatic N) is 1. The number of carbonyl (C=O) groups excluding carboxylic acids is 1. The predicted molar refractivity (Wildman–Crippen MR) is 92.3 cm³/mol. The molecule has 1 heterocycles. The van der Waals surface area contributed by atoms with Crippen LogP contribution in [0.25, 0.3) is 0 Å². The number of hydrogen-bond acceptors (Lipinski definition) is 4. The number of amides is 1. The molecule has 1 fully saturated rings. The number of hydrogen-bond donors (Lipinski definition) is 2. The topological polar surface area (TPSA) is 57.6 Å². The van der Waals surface area contributed by atoms with Crippen molar-refractivity contribution in [2.45, 2.75) is 31.1 Å². The fourth-order valence-corrected chi connectivity index (χ4v) is 4.17. The Morgan fingerprint density at radius 2 is 2.05 bits per heavy atom. The van der Waals surface area contributed by atoms with E-state index < -0.39 is 16.8 Å². The van der Waals surface area contributed by atoms with Crippen molar-refractivity contribution in [1.29, 1.82) is 0 Å². The third-order valence-electron chi connectivity index (χ3n) is 3.96. The van der Waals surface area contributed by atoms with Gasteiger partial charge in [-0.2, -0.15) is 12.6 Å². The number of thioether (sulfide) groups is 1. The fraction of sp³-hybridized carbons (Fsp3) is 0.500. The second-order valence-corrected chi connectivity index (χ2v) is 7.96. The zero-order valence-electron chi connectivity index (χ0n) is 12.7. The predicted octanol–water partition coefficient (Wildman–Crippen LogP) is 2.54. The highest BCUT2D eigenvalue weighted by Gasteiger charge is 2.48. The maximum Gasteiger partial charge on any atom is 0.327 e. The number of carboxylic acid groups (broad SMARTS) is 1. The molecular formula is C16H21NO3S2. The number of rotatable bonds is 5. The van der Waals surface area contributed by atoms with Crippen molar-refractivity contribution < 1.29 is 14.7 Å². The molecule has 22 heavy (non-hydrogen) atoms. The molecule has 1 N–H and O–H groups in total. The van der Waals surface area contributed by atoms with Gasteiger partial charge in [0.2, 0.25) is 5.91 Å². The van der Waals surface area contributed by atoms with Gasteiger partial charge in [0.15, 0.2) is 0 Å². The summed E-state index contributed by atoms with van der Waals surface area (Å²) in [6.45, 7) is 3.74. The second-order valence-electron chi connectivity index (χ2n) is 5.99. The van der Waals surface area contributed by atoms with Crippen LogP contribution in [0.4, 0.5) is 0 Å². The van der Waals surface area contributed by atoms with E-state index in [1.165, 1.54) is 16.7 Å². The van der Waals surface area contributed by atoms with E-state index in [0.29, 0.717) is 18.1 Å². The molecule has 1 aromatic carbocycles. The molecule has 0 bridgehead atoms. The minimum Gasteiger partial charge on any atom is -0.480 e.